The molecule has 0 aliphatic rings. The zero-order valence-electron chi connectivity index (χ0n) is 25.1. The summed E-state index contributed by atoms with van der Waals surface area (Å²) in [4.78, 5) is 27.9. The van der Waals surface area contributed by atoms with Crippen molar-refractivity contribution in [1.82, 2.24) is 9.80 Å². The van der Waals surface area contributed by atoms with Gasteiger partial charge < -0.3 is 16.6 Å². The molecule has 32 heavy (non-hydrogen) atoms. The molecule has 4 nitrogen and oxygen atoms in total. The quantitative estimate of drug-likeness (QED) is 0.348. The molecule has 5 heteroatoms. The first-order chi connectivity index (χ1) is 14.1. The third-order valence-electron chi connectivity index (χ3n) is 5.46. The van der Waals surface area contributed by atoms with Gasteiger partial charge in [0.25, 0.3) is 0 Å². The number of carbonyl (C=O) groups is 2. The molecule has 1 unspecified atom stereocenters. The molecule has 0 radical (unpaired) electrons. The SMILES string of the molecule is CC.CC.C[C-](C(=O)C(C)C)N(C)C(C)C.[CH2-]CCC(C)(C(=O)C(C)C)N(C)C(C)C.[K+]. The van der Waals surface area contributed by atoms with Crippen LogP contribution >= 0.6 is 0 Å². The van der Waals surface area contributed by atoms with Crippen LogP contribution in [0.2, 0.25) is 0 Å². The molecule has 0 aliphatic heterocycles. The Balaban J connectivity index is -0.000000130. The van der Waals surface area contributed by atoms with E-state index in [0.29, 0.717) is 17.9 Å². The topological polar surface area (TPSA) is 40.6 Å². The molecule has 0 spiro atoms. The maximum Gasteiger partial charge on any atom is 1.00 e. The van der Waals surface area contributed by atoms with Gasteiger partial charge in [0.05, 0.1) is 5.54 Å². The second-order valence-electron chi connectivity index (χ2n) is 8.91. The molecule has 0 saturated heterocycles. The van der Waals surface area contributed by atoms with Gasteiger partial charge in [-0.1, -0.05) is 75.7 Å². The number of ketones is 2. The van der Waals surface area contributed by atoms with E-state index >= 15 is 0 Å². The summed E-state index contributed by atoms with van der Waals surface area (Å²) in [6.45, 7) is 32.0. The Morgan fingerprint density at radius 3 is 1.44 bits per heavy atom. The number of Topliss-reactive ketones (excluding diaryl/α,β-unsaturated/α-hetero) is 2. The van der Waals surface area contributed by atoms with E-state index in [1.54, 1.807) is 0 Å². The van der Waals surface area contributed by atoms with Crippen molar-refractivity contribution in [3.63, 3.8) is 0 Å². The van der Waals surface area contributed by atoms with E-state index in [2.05, 4.69) is 39.5 Å². The van der Waals surface area contributed by atoms with Gasteiger partial charge in [0, 0.05) is 17.7 Å². The Morgan fingerprint density at radius 2 is 1.22 bits per heavy atom. The van der Waals surface area contributed by atoms with Crippen molar-refractivity contribution in [3.8, 4) is 0 Å². The van der Waals surface area contributed by atoms with Crippen molar-refractivity contribution in [2.45, 2.75) is 127 Å². The van der Waals surface area contributed by atoms with Crippen LogP contribution in [0.5, 0.6) is 0 Å². The van der Waals surface area contributed by atoms with Gasteiger partial charge in [-0.2, -0.15) is 13.3 Å². The summed E-state index contributed by atoms with van der Waals surface area (Å²) in [5.41, 5.74) is -0.357. The minimum absolute atomic E-state index is 0. The van der Waals surface area contributed by atoms with E-state index in [0.717, 1.165) is 18.9 Å². The van der Waals surface area contributed by atoms with Gasteiger partial charge in [0.2, 0.25) is 0 Å². The average molecular weight is 482 g/mol. The standard InChI is InChI=1S/C13H26NO.C10H20NO.2C2H6.K/c1-8-9-13(6,12(15)10(2)3)14(7)11(4)5;1-7(2)10(12)9(5)11(6)8(3)4;2*1-2;/h10-11H,1,8-9H2,2-7H3;7-8H,1-6H3;2*1-2H3;/q2*-1;;;+1. The van der Waals surface area contributed by atoms with Crippen LogP contribution in [0.25, 0.3) is 0 Å². The maximum atomic E-state index is 12.2. The Labute approximate surface area is 246 Å². The molecule has 0 rings (SSSR count). The summed E-state index contributed by atoms with van der Waals surface area (Å²) in [6.07, 6.45) is 1.63. The molecule has 0 amide bonds. The van der Waals surface area contributed by atoms with E-state index < -0.39 is 0 Å². The van der Waals surface area contributed by atoms with Gasteiger partial charge in [-0.3, -0.25) is 15.7 Å². The summed E-state index contributed by atoms with van der Waals surface area (Å²) in [5.74, 6) is 0.752. The van der Waals surface area contributed by atoms with E-state index in [1.165, 1.54) is 0 Å². The van der Waals surface area contributed by atoms with Crippen LogP contribution in [-0.4, -0.2) is 53.1 Å². The van der Waals surface area contributed by atoms with Gasteiger partial charge >= 0.3 is 51.4 Å². The zero-order chi connectivity index (χ0) is 26.1. The van der Waals surface area contributed by atoms with Gasteiger partial charge in [-0.25, -0.2) is 0 Å². The van der Waals surface area contributed by atoms with Gasteiger partial charge in [-0.05, 0) is 46.8 Å². The predicted molar refractivity (Wildman–Crippen MR) is 140 cm³/mol. The monoisotopic (exact) mass is 481 g/mol. The van der Waals surface area contributed by atoms with E-state index in [1.807, 2.05) is 88.2 Å². The van der Waals surface area contributed by atoms with E-state index in [-0.39, 0.29) is 74.5 Å². The molecule has 0 saturated carbocycles. The molecule has 0 aromatic rings. The van der Waals surface area contributed by atoms with Crippen LogP contribution < -0.4 is 51.4 Å². The number of rotatable bonds is 10. The smallest absolute Gasteiger partial charge is 0.432 e. The maximum absolute atomic E-state index is 12.2. The second kappa shape index (κ2) is 23.5. The van der Waals surface area contributed by atoms with Crippen LogP contribution in [0.3, 0.4) is 0 Å². The summed E-state index contributed by atoms with van der Waals surface area (Å²) < 4.78 is 0. The summed E-state index contributed by atoms with van der Waals surface area (Å²) in [6, 6.07) is 1.64. The molecule has 0 heterocycles. The molecule has 0 bridgehead atoms. The molecule has 0 aromatic carbocycles. The minimum atomic E-state index is -0.357. The Bertz CT molecular complexity index is 451. The fourth-order valence-corrected chi connectivity index (χ4v) is 2.99. The largest absolute Gasteiger partial charge is 1.00 e. The molecular weight excluding hydrogens is 423 g/mol. The Kier molecular flexibility index (Phi) is 31.5. The van der Waals surface area contributed by atoms with Crippen LogP contribution in [0, 0.1) is 24.8 Å². The first kappa shape index (κ1) is 42.9. The number of carbonyl (C=O) groups excluding carboxylic acids is 2. The normalized spacial score (nSPS) is 12.2. The number of nitrogens with zero attached hydrogens (tertiary/aromatic N) is 2. The van der Waals surface area contributed by atoms with E-state index in [4.69, 9.17) is 0 Å². The van der Waals surface area contributed by atoms with Crippen molar-refractivity contribution in [2.24, 2.45) is 11.8 Å². The fourth-order valence-electron chi connectivity index (χ4n) is 2.99. The molecule has 1 atom stereocenters. The van der Waals surface area contributed by atoms with Crippen LogP contribution in [0.4, 0.5) is 0 Å². The van der Waals surface area contributed by atoms with E-state index in [9.17, 15) is 9.59 Å². The fraction of sp³-hybridized carbons (Fsp3) is 0.852. The van der Waals surface area contributed by atoms with Gasteiger partial charge in [0.1, 0.15) is 0 Å². The van der Waals surface area contributed by atoms with Crippen molar-refractivity contribution in [2.75, 3.05) is 14.1 Å². The van der Waals surface area contributed by atoms with Crippen LogP contribution in [-0.2, 0) is 9.59 Å². The van der Waals surface area contributed by atoms with Gasteiger partial charge in [-0.15, -0.1) is 0 Å². The van der Waals surface area contributed by atoms with Crippen molar-refractivity contribution in [1.29, 1.82) is 0 Å². The molecule has 0 aliphatic carbocycles. The second-order valence-corrected chi connectivity index (χ2v) is 8.91. The molecule has 0 aromatic heterocycles. The average Bonchev–Trinajstić information content (AvgIpc) is 2.73. The van der Waals surface area contributed by atoms with Crippen LogP contribution in [0.15, 0.2) is 0 Å². The van der Waals surface area contributed by atoms with Crippen molar-refractivity contribution < 1.29 is 61.0 Å². The Hall–Kier alpha value is 0.766. The third kappa shape index (κ3) is 16.4. The van der Waals surface area contributed by atoms with Crippen LogP contribution in [0.1, 0.15) is 110 Å². The van der Waals surface area contributed by atoms with Crippen molar-refractivity contribution in [3.05, 3.63) is 13.0 Å². The number of likely N-dealkylation sites (N-methyl/N-ethyl adjacent to an activating group) is 2. The predicted octanol–water partition coefficient (Wildman–Crippen LogP) is 4.08. The zero-order valence-corrected chi connectivity index (χ0v) is 28.3. The minimum Gasteiger partial charge on any atom is -0.432 e. The third-order valence-corrected chi connectivity index (χ3v) is 5.46. The first-order valence-electron chi connectivity index (χ1n) is 12.3. The Morgan fingerprint density at radius 1 is 0.844 bits per heavy atom. The van der Waals surface area contributed by atoms with Gasteiger partial charge in [0.15, 0.2) is 5.78 Å². The summed E-state index contributed by atoms with van der Waals surface area (Å²) in [5, 5.41) is 0. The molecular formula is C27H58KN2O2-. The molecule has 190 valence electrons. The first-order valence-corrected chi connectivity index (χ1v) is 12.3. The number of hydrogen-bond donors (Lipinski definition) is 0. The summed E-state index contributed by atoms with van der Waals surface area (Å²) >= 11 is 0. The molecule has 0 fully saturated rings. The van der Waals surface area contributed by atoms with Crippen molar-refractivity contribution >= 4 is 11.6 Å². The number of hydrogen-bond acceptors (Lipinski definition) is 4. The summed E-state index contributed by atoms with van der Waals surface area (Å²) in [7, 11) is 3.99. The molecule has 0 N–H and O–H groups in total.